The van der Waals surface area contributed by atoms with Crippen molar-refractivity contribution in [3.8, 4) is 0 Å². The van der Waals surface area contributed by atoms with Gasteiger partial charge in [-0.2, -0.15) is 0 Å². The van der Waals surface area contributed by atoms with Crippen LogP contribution in [0.25, 0.3) is 0 Å². The van der Waals surface area contributed by atoms with Crippen molar-refractivity contribution in [2.45, 2.75) is 24.5 Å². The maximum absolute atomic E-state index is 9.13. The smallest absolute Gasteiger partial charge is 0.172 e. The Morgan fingerprint density at radius 2 is 1.90 bits per heavy atom. The minimum atomic E-state index is -1.09. The monoisotopic (exact) mass is 148 g/mol. The Balaban J connectivity index is 2.52. The zero-order valence-electron chi connectivity index (χ0n) is 5.47. The largest absolute Gasteiger partial charge is 0.390 e. The van der Waals surface area contributed by atoms with E-state index in [4.69, 9.17) is 26.4 Å². The van der Waals surface area contributed by atoms with Crippen molar-refractivity contribution in [2.24, 2.45) is 11.5 Å². The molecule has 1 aliphatic heterocycles. The lowest BCUT2D eigenvalue weighted by atomic mass is 10.0. The summed E-state index contributed by atoms with van der Waals surface area (Å²) in [6.07, 6.45) is -1.96. The van der Waals surface area contributed by atoms with Crippen molar-refractivity contribution in [2.75, 3.05) is 6.61 Å². The molecule has 1 rings (SSSR count). The molecule has 0 bridgehead atoms. The van der Waals surface area contributed by atoms with Gasteiger partial charge in [-0.05, 0) is 0 Å². The van der Waals surface area contributed by atoms with E-state index < -0.39 is 24.5 Å². The summed E-state index contributed by atoms with van der Waals surface area (Å²) in [7, 11) is 0. The Morgan fingerprint density at radius 3 is 2.40 bits per heavy atom. The van der Waals surface area contributed by atoms with Crippen molar-refractivity contribution in [3.05, 3.63) is 0 Å². The van der Waals surface area contributed by atoms with Crippen molar-refractivity contribution in [1.29, 1.82) is 0 Å². The standard InChI is InChI=1S/C5H12N2O3/c6-2-1-10-5(9)3(7)4(2)8/h2-5,8-9H,1,6-7H2/t2-,3-,4-,5-/m1/s1. The molecule has 0 aromatic carbocycles. The molecule has 1 saturated heterocycles. The Morgan fingerprint density at radius 1 is 1.30 bits per heavy atom. The minimum Gasteiger partial charge on any atom is -0.390 e. The second-order valence-electron chi connectivity index (χ2n) is 2.46. The molecule has 1 aliphatic rings. The summed E-state index contributed by atoms with van der Waals surface area (Å²) >= 11 is 0. The van der Waals surface area contributed by atoms with E-state index in [0.717, 1.165) is 0 Å². The first-order chi connectivity index (χ1) is 4.63. The first-order valence-electron chi connectivity index (χ1n) is 3.12. The Hall–Kier alpha value is -0.200. The van der Waals surface area contributed by atoms with Crippen LogP contribution in [0.2, 0.25) is 0 Å². The summed E-state index contributed by atoms with van der Waals surface area (Å²) in [6, 6.07) is -1.28. The van der Waals surface area contributed by atoms with Crippen LogP contribution in [0.4, 0.5) is 0 Å². The molecule has 1 fully saturated rings. The van der Waals surface area contributed by atoms with E-state index in [0.29, 0.717) is 0 Å². The quantitative estimate of drug-likeness (QED) is 0.300. The number of hydrogen-bond donors (Lipinski definition) is 4. The molecule has 10 heavy (non-hydrogen) atoms. The number of hydrogen-bond acceptors (Lipinski definition) is 5. The molecule has 0 aliphatic carbocycles. The molecular formula is C5H12N2O3. The van der Waals surface area contributed by atoms with Gasteiger partial charge in [0.1, 0.15) is 0 Å². The molecule has 4 atom stereocenters. The van der Waals surface area contributed by atoms with Crippen LogP contribution in [0.5, 0.6) is 0 Å². The van der Waals surface area contributed by atoms with Crippen molar-refractivity contribution < 1.29 is 14.9 Å². The molecular weight excluding hydrogens is 136 g/mol. The summed E-state index contributed by atoms with van der Waals surface area (Å²) in [5, 5.41) is 18.0. The molecule has 0 saturated carbocycles. The maximum atomic E-state index is 9.13. The molecule has 0 radical (unpaired) electrons. The van der Waals surface area contributed by atoms with Gasteiger partial charge in [-0.1, -0.05) is 0 Å². The topological polar surface area (TPSA) is 102 Å². The van der Waals surface area contributed by atoms with E-state index in [2.05, 4.69) is 0 Å². The van der Waals surface area contributed by atoms with Crippen LogP contribution >= 0.6 is 0 Å². The summed E-state index contributed by atoms with van der Waals surface area (Å²) < 4.78 is 4.72. The third-order valence-corrected chi connectivity index (χ3v) is 1.62. The van der Waals surface area contributed by atoms with Gasteiger partial charge < -0.3 is 26.4 Å². The molecule has 5 nitrogen and oxygen atoms in total. The van der Waals surface area contributed by atoms with Crippen molar-refractivity contribution in [1.82, 2.24) is 0 Å². The van der Waals surface area contributed by atoms with E-state index in [9.17, 15) is 0 Å². The zero-order valence-corrected chi connectivity index (χ0v) is 5.47. The SMILES string of the molecule is N[C@@H]1[C@H](O)[C@H](N)CO[C@H]1O. The number of ether oxygens (including phenoxy) is 1. The first-order valence-corrected chi connectivity index (χ1v) is 3.12. The van der Waals surface area contributed by atoms with Crippen LogP contribution in [0, 0.1) is 0 Å². The lowest BCUT2D eigenvalue weighted by Gasteiger charge is -2.33. The molecule has 6 N–H and O–H groups in total. The van der Waals surface area contributed by atoms with Crippen LogP contribution in [0.15, 0.2) is 0 Å². The second kappa shape index (κ2) is 2.81. The molecule has 0 amide bonds. The fraction of sp³-hybridized carbons (Fsp3) is 1.00. The number of aliphatic hydroxyl groups excluding tert-OH is 2. The first kappa shape index (κ1) is 7.90. The lowest BCUT2D eigenvalue weighted by Crippen LogP contribution is -2.60. The van der Waals surface area contributed by atoms with Gasteiger partial charge in [0.05, 0.1) is 24.8 Å². The van der Waals surface area contributed by atoms with Gasteiger partial charge in [-0.25, -0.2) is 0 Å². The number of nitrogens with two attached hydrogens (primary N) is 2. The molecule has 1 heterocycles. The highest BCUT2D eigenvalue weighted by atomic mass is 16.6. The number of rotatable bonds is 0. The van der Waals surface area contributed by atoms with E-state index in [1.165, 1.54) is 0 Å². The van der Waals surface area contributed by atoms with Crippen molar-refractivity contribution >= 4 is 0 Å². The molecule has 0 spiro atoms. The van der Waals surface area contributed by atoms with Gasteiger partial charge in [0.25, 0.3) is 0 Å². The summed E-state index contributed by atoms with van der Waals surface area (Å²) in [4.78, 5) is 0. The Labute approximate surface area is 58.6 Å². The minimum absolute atomic E-state index is 0.149. The Kier molecular flexibility index (Phi) is 2.22. The van der Waals surface area contributed by atoms with Gasteiger partial charge in [0.15, 0.2) is 6.29 Å². The van der Waals surface area contributed by atoms with Crippen molar-refractivity contribution in [3.63, 3.8) is 0 Å². The lowest BCUT2D eigenvalue weighted by molar-refractivity contribution is -0.172. The highest BCUT2D eigenvalue weighted by Gasteiger charge is 2.33. The third-order valence-electron chi connectivity index (χ3n) is 1.62. The summed E-state index contributed by atoms with van der Waals surface area (Å²) in [5.41, 5.74) is 10.7. The van der Waals surface area contributed by atoms with Crippen LogP contribution < -0.4 is 11.5 Å². The van der Waals surface area contributed by atoms with E-state index in [1.807, 2.05) is 0 Å². The fourth-order valence-electron chi connectivity index (χ4n) is 0.874. The molecule has 5 heteroatoms. The molecule has 0 unspecified atom stereocenters. The summed E-state index contributed by atoms with van der Waals surface area (Å²) in [6.45, 7) is 0.149. The summed E-state index contributed by atoms with van der Waals surface area (Å²) in [5.74, 6) is 0. The van der Waals surface area contributed by atoms with Gasteiger partial charge in [0, 0.05) is 0 Å². The van der Waals surface area contributed by atoms with Crippen LogP contribution in [0.3, 0.4) is 0 Å². The van der Waals surface area contributed by atoms with E-state index in [1.54, 1.807) is 0 Å². The average molecular weight is 148 g/mol. The van der Waals surface area contributed by atoms with Gasteiger partial charge in [0.2, 0.25) is 0 Å². The normalized spacial score (nSPS) is 49.2. The van der Waals surface area contributed by atoms with Crippen LogP contribution in [-0.4, -0.2) is 41.3 Å². The van der Waals surface area contributed by atoms with E-state index in [-0.39, 0.29) is 6.61 Å². The van der Waals surface area contributed by atoms with Gasteiger partial charge >= 0.3 is 0 Å². The molecule has 0 aromatic rings. The second-order valence-corrected chi connectivity index (χ2v) is 2.46. The van der Waals surface area contributed by atoms with Gasteiger partial charge in [-0.15, -0.1) is 0 Å². The maximum Gasteiger partial charge on any atom is 0.172 e. The predicted octanol–water partition coefficient (Wildman–Crippen LogP) is -2.65. The predicted molar refractivity (Wildman–Crippen MR) is 33.9 cm³/mol. The fourth-order valence-corrected chi connectivity index (χ4v) is 0.874. The zero-order chi connectivity index (χ0) is 7.72. The number of aliphatic hydroxyl groups is 2. The van der Waals surface area contributed by atoms with Gasteiger partial charge in [-0.3, -0.25) is 0 Å². The van der Waals surface area contributed by atoms with Crippen LogP contribution in [0.1, 0.15) is 0 Å². The highest BCUT2D eigenvalue weighted by molar-refractivity contribution is 4.87. The highest BCUT2D eigenvalue weighted by Crippen LogP contribution is 2.09. The van der Waals surface area contributed by atoms with Crippen LogP contribution in [-0.2, 0) is 4.74 Å². The third kappa shape index (κ3) is 1.28. The molecule has 60 valence electrons. The molecule has 0 aromatic heterocycles. The average Bonchev–Trinajstić information content (AvgIpc) is 1.93. The van der Waals surface area contributed by atoms with E-state index >= 15 is 0 Å². The Bertz CT molecular complexity index is 107.